The van der Waals surface area contributed by atoms with Crippen LogP contribution in [0.15, 0.2) is 22.8 Å². The highest BCUT2D eigenvalue weighted by Gasteiger charge is 2.29. The summed E-state index contributed by atoms with van der Waals surface area (Å²) < 4.78 is 11.2. The average molecular weight is 224 g/mol. The Morgan fingerprint density at radius 2 is 2.12 bits per heavy atom. The molecule has 1 fully saturated rings. The van der Waals surface area contributed by atoms with Gasteiger partial charge in [0.15, 0.2) is 0 Å². The van der Waals surface area contributed by atoms with E-state index in [1.54, 1.807) is 6.26 Å². The molecule has 1 aliphatic heterocycles. The molecule has 2 N–H and O–H groups in total. The van der Waals surface area contributed by atoms with Crippen molar-refractivity contribution in [2.75, 3.05) is 19.6 Å². The summed E-state index contributed by atoms with van der Waals surface area (Å²) in [6, 6.07) is 4.07. The molecule has 3 unspecified atom stereocenters. The minimum atomic E-state index is 0.170. The van der Waals surface area contributed by atoms with Gasteiger partial charge < -0.3 is 14.9 Å². The van der Waals surface area contributed by atoms with Gasteiger partial charge in [0.2, 0.25) is 0 Å². The molecule has 0 bridgehead atoms. The van der Waals surface area contributed by atoms with Crippen molar-refractivity contribution < 1.29 is 9.15 Å². The van der Waals surface area contributed by atoms with Crippen LogP contribution in [0.5, 0.6) is 0 Å². The predicted octanol–water partition coefficient (Wildman–Crippen LogP) is 1.39. The zero-order valence-electron chi connectivity index (χ0n) is 9.93. The van der Waals surface area contributed by atoms with Crippen LogP contribution in [0.1, 0.15) is 25.6 Å². The summed E-state index contributed by atoms with van der Waals surface area (Å²) in [4.78, 5) is 2.34. The molecule has 4 nitrogen and oxygen atoms in total. The van der Waals surface area contributed by atoms with Crippen molar-refractivity contribution in [3.8, 4) is 0 Å². The second kappa shape index (κ2) is 4.99. The number of hydrogen-bond acceptors (Lipinski definition) is 4. The first kappa shape index (κ1) is 11.6. The normalized spacial score (nSPS) is 29.2. The van der Waals surface area contributed by atoms with E-state index in [0.717, 1.165) is 18.8 Å². The Hall–Kier alpha value is -0.840. The molecule has 1 aromatic rings. The Bertz CT molecular complexity index is 303. The summed E-state index contributed by atoms with van der Waals surface area (Å²) in [6.07, 6.45) is 2.21. The summed E-state index contributed by atoms with van der Waals surface area (Å²) in [5, 5.41) is 0. The third-order valence-electron chi connectivity index (χ3n) is 2.98. The molecule has 0 aliphatic carbocycles. The fourth-order valence-electron chi connectivity index (χ4n) is 2.40. The molecule has 3 atom stereocenters. The molecule has 1 aromatic heterocycles. The van der Waals surface area contributed by atoms with Crippen molar-refractivity contribution in [1.82, 2.24) is 4.90 Å². The van der Waals surface area contributed by atoms with Gasteiger partial charge in [-0.25, -0.2) is 0 Å². The maximum absolute atomic E-state index is 5.84. The lowest BCUT2D eigenvalue weighted by atomic mass is 10.1. The van der Waals surface area contributed by atoms with Gasteiger partial charge in [-0.15, -0.1) is 0 Å². The molecule has 1 aliphatic rings. The molecule has 0 spiro atoms. The van der Waals surface area contributed by atoms with Crippen LogP contribution in [0.25, 0.3) is 0 Å². The first-order valence-electron chi connectivity index (χ1n) is 5.83. The summed E-state index contributed by atoms with van der Waals surface area (Å²) in [7, 11) is 0. The van der Waals surface area contributed by atoms with Crippen molar-refractivity contribution >= 4 is 0 Å². The minimum Gasteiger partial charge on any atom is -0.468 e. The van der Waals surface area contributed by atoms with Crippen LogP contribution in [-0.4, -0.2) is 36.7 Å². The average Bonchev–Trinajstić information content (AvgIpc) is 2.70. The van der Waals surface area contributed by atoms with E-state index in [-0.39, 0.29) is 18.2 Å². The van der Waals surface area contributed by atoms with Crippen molar-refractivity contribution in [1.29, 1.82) is 0 Å². The number of hydrogen-bond donors (Lipinski definition) is 1. The van der Waals surface area contributed by atoms with Crippen LogP contribution < -0.4 is 5.73 Å². The molecule has 0 aromatic carbocycles. The molecule has 2 rings (SSSR count). The maximum Gasteiger partial charge on any atom is 0.122 e. The maximum atomic E-state index is 5.84. The van der Waals surface area contributed by atoms with Gasteiger partial charge >= 0.3 is 0 Å². The molecule has 2 heterocycles. The quantitative estimate of drug-likeness (QED) is 0.843. The Kier molecular flexibility index (Phi) is 3.63. The molecule has 16 heavy (non-hydrogen) atoms. The van der Waals surface area contributed by atoms with E-state index >= 15 is 0 Å². The van der Waals surface area contributed by atoms with E-state index < -0.39 is 0 Å². The van der Waals surface area contributed by atoms with E-state index in [4.69, 9.17) is 14.9 Å². The summed E-state index contributed by atoms with van der Waals surface area (Å²) in [6.45, 7) is 6.59. The molecular formula is C12H20N2O2. The van der Waals surface area contributed by atoms with Crippen molar-refractivity contribution in [3.05, 3.63) is 24.2 Å². The van der Waals surface area contributed by atoms with Crippen LogP contribution >= 0.6 is 0 Å². The molecular weight excluding hydrogens is 204 g/mol. The van der Waals surface area contributed by atoms with Crippen LogP contribution in [-0.2, 0) is 4.74 Å². The van der Waals surface area contributed by atoms with Gasteiger partial charge in [0.25, 0.3) is 0 Å². The summed E-state index contributed by atoms with van der Waals surface area (Å²) in [5.41, 5.74) is 5.84. The van der Waals surface area contributed by atoms with Crippen molar-refractivity contribution in [2.45, 2.75) is 32.1 Å². The monoisotopic (exact) mass is 224 g/mol. The number of morpholine rings is 1. The van der Waals surface area contributed by atoms with E-state index in [2.05, 4.69) is 18.7 Å². The lowest BCUT2D eigenvalue weighted by Gasteiger charge is -2.39. The lowest BCUT2D eigenvalue weighted by molar-refractivity contribution is -0.0819. The van der Waals surface area contributed by atoms with Crippen LogP contribution in [0.3, 0.4) is 0 Å². The lowest BCUT2D eigenvalue weighted by Crippen LogP contribution is -2.48. The minimum absolute atomic E-state index is 0.170. The van der Waals surface area contributed by atoms with E-state index in [1.165, 1.54) is 0 Å². The third kappa shape index (κ3) is 2.45. The molecule has 4 heteroatoms. The fraction of sp³-hybridized carbons (Fsp3) is 0.667. The first-order valence-corrected chi connectivity index (χ1v) is 5.83. The third-order valence-corrected chi connectivity index (χ3v) is 2.98. The van der Waals surface area contributed by atoms with E-state index in [0.29, 0.717) is 6.54 Å². The molecule has 1 saturated heterocycles. The number of nitrogens with two attached hydrogens (primary N) is 1. The highest BCUT2D eigenvalue weighted by Crippen LogP contribution is 2.24. The van der Waals surface area contributed by atoms with Gasteiger partial charge in [0, 0.05) is 19.6 Å². The molecule has 90 valence electrons. The second-order valence-electron chi connectivity index (χ2n) is 4.48. The van der Waals surface area contributed by atoms with Gasteiger partial charge in [-0.05, 0) is 26.0 Å². The highest BCUT2D eigenvalue weighted by molar-refractivity contribution is 5.06. The number of rotatable bonds is 3. The van der Waals surface area contributed by atoms with E-state index in [1.807, 2.05) is 12.1 Å². The Labute approximate surface area is 96.4 Å². The zero-order chi connectivity index (χ0) is 11.5. The summed E-state index contributed by atoms with van der Waals surface area (Å²) >= 11 is 0. The topological polar surface area (TPSA) is 51.6 Å². The van der Waals surface area contributed by atoms with Crippen LogP contribution in [0.2, 0.25) is 0 Å². The van der Waals surface area contributed by atoms with Gasteiger partial charge in [0.05, 0.1) is 24.5 Å². The number of ether oxygens (including phenoxy) is 1. The van der Waals surface area contributed by atoms with Crippen LogP contribution in [0.4, 0.5) is 0 Å². The van der Waals surface area contributed by atoms with Gasteiger partial charge in [-0.1, -0.05) is 0 Å². The van der Waals surface area contributed by atoms with E-state index in [9.17, 15) is 0 Å². The molecule has 0 amide bonds. The molecule has 0 radical (unpaired) electrons. The van der Waals surface area contributed by atoms with Crippen LogP contribution in [0, 0.1) is 0 Å². The zero-order valence-corrected chi connectivity index (χ0v) is 9.93. The second-order valence-corrected chi connectivity index (χ2v) is 4.48. The Morgan fingerprint density at radius 3 is 2.62 bits per heavy atom. The van der Waals surface area contributed by atoms with Gasteiger partial charge in [-0.2, -0.15) is 0 Å². The first-order chi connectivity index (χ1) is 7.70. The summed E-state index contributed by atoms with van der Waals surface area (Å²) in [5.74, 6) is 0.948. The fourth-order valence-corrected chi connectivity index (χ4v) is 2.40. The van der Waals surface area contributed by atoms with Crippen molar-refractivity contribution in [2.24, 2.45) is 5.73 Å². The van der Waals surface area contributed by atoms with Gasteiger partial charge in [0.1, 0.15) is 5.76 Å². The highest BCUT2D eigenvalue weighted by atomic mass is 16.5. The van der Waals surface area contributed by atoms with Gasteiger partial charge in [-0.3, -0.25) is 4.90 Å². The number of nitrogens with zero attached hydrogens (tertiary/aromatic N) is 1. The largest absolute Gasteiger partial charge is 0.468 e. The SMILES string of the molecule is CC1CN(C(CN)c2ccco2)CC(C)O1. The standard InChI is InChI=1S/C12H20N2O2/c1-9-7-14(8-10(2)16-9)11(6-13)12-4-3-5-15-12/h3-5,9-11H,6-8,13H2,1-2H3. The Balaban J connectivity index is 2.09. The van der Waals surface area contributed by atoms with Crippen molar-refractivity contribution in [3.63, 3.8) is 0 Å². The predicted molar refractivity (Wildman–Crippen MR) is 62.1 cm³/mol. The Morgan fingerprint density at radius 1 is 1.44 bits per heavy atom. The smallest absolute Gasteiger partial charge is 0.122 e. The molecule has 0 saturated carbocycles. The number of furan rings is 1.